The number of ether oxygens (including phenoxy) is 1. The topological polar surface area (TPSA) is 12.2 Å². The van der Waals surface area contributed by atoms with Crippen LogP contribution in [-0.2, 0) is 4.74 Å². The van der Waals surface area contributed by atoms with E-state index in [1.807, 2.05) is 18.4 Å². The van der Waals surface area contributed by atoms with Gasteiger partial charge in [-0.2, -0.15) is 0 Å². The van der Waals surface area contributed by atoms with Crippen LogP contribution in [0.4, 0.5) is 0 Å². The average molecular weight is 116 g/mol. The second-order valence-electron chi connectivity index (χ2n) is 1.61. The van der Waals surface area contributed by atoms with Crippen molar-refractivity contribution < 1.29 is 9.31 Å². The van der Waals surface area contributed by atoms with E-state index in [1.165, 1.54) is 0 Å². The highest BCUT2D eigenvalue weighted by molar-refractivity contribution is 5.14. The van der Waals surface area contributed by atoms with E-state index in [2.05, 4.69) is 6.72 Å². The number of rotatable bonds is 4. The Labute approximate surface area is 50.8 Å². The van der Waals surface area contributed by atoms with Gasteiger partial charge in [0.05, 0.1) is 6.61 Å². The van der Waals surface area contributed by atoms with Crippen LogP contribution in [0.5, 0.6) is 0 Å². The van der Waals surface area contributed by atoms with Gasteiger partial charge in [0.15, 0.2) is 0 Å². The third-order valence-corrected chi connectivity index (χ3v) is 0.925. The zero-order chi connectivity index (χ0) is 6.41. The van der Waals surface area contributed by atoms with Crippen LogP contribution in [0, 0.1) is 0 Å². The standard InChI is InChI=1S/C6H14NO/c1-4-7(3)6-8-5-2/h3-6H2,1-2H3/q+1. The third-order valence-electron chi connectivity index (χ3n) is 0.925. The van der Waals surface area contributed by atoms with Gasteiger partial charge in [0.1, 0.15) is 13.3 Å². The third kappa shape index (κ3) is 3.81. The van der Waals surface area contributed by atoms with Crippen molar-refractivity contribution in [3.8, 4) is 0 Å². The van der Waals surface area contributed by atoms with Crippen LogP contribution in [0.25, 0.3) is 0 Å². The summed E-state index contributed by atoms with van der Waals surface area (Å²) < 4.78 is 6.91. The van der Waals surface area contributed by atoms with Gasteiger partial charge in [-0.3, -0.25) is 0 Å². The first-order valence-electron chi connectivity index (χ1n) is 2.94. The van der Waals surface area contributed by atoms with E-state index in [0.29, 0.717) is 6.73 Å². The van der Waals surface area contributed by atoms with Crippen molar-refractivity contribution in [3.05, 3.63) is 0 Å². The van der Waals surface area contributed by atoms with Gasteiger partial charge in [0.25, 0.3) is 0 Å². The Balaban J connectivity index is 2.99. The number of nitrogens with zero attached hydrogens (tertiary/aromatic N) is 1. The predicted molar refractivity (Wildman–Crippen MR) is 34.4 cm³/mol. The molecule has 2 heteroatoms. The Morgan fingerprint density at radius 2 is 2.12 bits per heavy atom. The zero-order valence-corrected chi connectivity index (χ0v) is 5.68. The minimum Gasteiger partial charge on any atom is -0.324 e. The fourth-order valence-corrected chi connectivity index (χ4v) is 0.312. The van der Waals surface area contributed by atoms with Crippen molar-refractivity contribution in [2.75, 3.05) is 19.9 Å². The molecule has 0 saturated heterocycles. The van der Waals surface area contributed by atoms with E-state index in [0.717, 1.165) is 13.2 Å². The van der Waals surface area contributed by atoms with Crippen LogP contribution < -0.4 is 0 Å². The lowest BCUT2D eigenvalue weighted by molar-refractivity contribution is -0.557. The molecule has 0 aliphatic rings. The lowest BCUT2D eigenvalue weighted by atomic mass is 10.7. The quantitative estimate of drug-likeness (QED) is 0.299. The molecular weight excluding hydrogens is 102 g/mol. The molecular formula is C6H14NO+. The Morgan fingerprint density at radius 3 is 2.50 bits per heavy atom. The second kappa shape index (κ2) is 4.78. The van der Waals surface area contributed by atoms with Crippen molar-refractivity contribution in [1.82, 2.24) is 0 Å². The first-order chi connectivity index (χ1) is 3.81. The molecule has 0 aromatic heterocycles. The van der Waals surface area contributed by atoms with Gasteiger partial charge in [-0.25, -0.2) is 4.58 Å². The lowest BCUT2D eigenvalue weighted by Crippen LogP contribution is -2.12. The minimum absolute atomic E-state index is 0.646. The van der Waals surface area contributed by atoms with Crippen molar-refractivity contribution in [1.29, 1.82) is 0 Å². The molecule has 0 N–H and O–H groups in total. The summed E-state index contributed by atoms with van der Waals surface area (Å²) in [6, 6.07) is 0. The molecule has 0 atom stereocenters. The molecule has 0 rings (SSSR count). The summed E-state index contributed by atoms with van der Waals surface area (Å²) in [6.07, 6.45) is 0. The summed E-state index contributed by atoms with van der Waals surface area (Å²) in [5, 5.41) is 0. The maximum absolute atomic E-state index is 5.05. The summed E-state index contributed by atoms with van der Waals surface area (Å²) >= 11 is 0. The Kier molecular flexibility index (Phi) is 4.56. The normalized spacial score (nSPS) is 9.25. The lowest BCUT2D eigenvalue weighted by Gasteiger charge is -1.95. The fraction of sp³-hybridized carbons (Fsp3) is 0.833. The molecule has 0 fully saturated rings. The molecule has 0 bridgehead atoms. The Morgan fingerprint density at radius 1 is 1.50 bits per heavy atom. The van der Waals surface area contributed by atoms with Crippen molar-refractivity contribution >= 4 is 6.72 Å². The van der Waals surface area contributed by atoms with Gasteiger partial charge in [0.2, 0.25) is 6.73 Å². The maximum Gasteiger partial charge on any atom is 0.246 e. The average Bonchev–Trinajstić information content (AvgIpc) is 1.83. The molecule has 0 saturated carbocycles. The highest BCUT2D eigenvalue weighted by Gasteiger charge is 1.90. The van der Waals surface area contributed by atoms with E-state index in [9.17, 15) is 0 Å². The summed E-state index contributed by atoms with van der Waals surface area (Å²) in [4.78, 5) is 0. The van der Waals surface area contributed by atoms with Crippen LogP contribution >= 0.6 is 0 Å². The van der Waals surface area contributed by atoms with Gasteiger partial charge in [-0.15, -0.1) is 0 Å². The summed E-state index contributed by atoms with van der Waals surface area (Å²) in [5.74, 6) is 0. The highest BCUT2D eigenvalue weighted by Crippen LogP contribution is 1.73. The molecule has 0 amide bonds. The van der Waals surface area contributed by atoms with E-state index in [4.69, 9.17) is 4.74 Å². The molecule has 2 nitrogen and oxygen atoms in total. The number of hydrogen-bond donors (Lipinski definition) is 0. The molecule has 0 aromatic carbocycles. The van der Waals surface area contributed by atoms with Crippen molar-refractivity contribution in [2.24, 2.45) is 0 Å². The van der Waals surface area contributed by atoms with E-state index >= 15 is 0 Å². The highest BCUT2D eigenvalue weighted by atomic mass is 16.5. The first-order valence-corrected chi connectivity index (χ1v) is 2.94. The van der Waals surface area contributed by atoms with Crippen LogP contribution in [0.2, 0.25) is 0 Å². The minimum atomic E-state index is 0.646. The van der Waals surface area contributed by atoms with Crippen LogP contribution in [0.1, 0.15) is 13.8 Å². The monoisotopic (exact) mass is 116 g/mol. The Hall–Kier alpha value is -0.370. The van der Waals surface area contributed by atoms with Gasteiger partial charge < -0.3 is 4.74 Å². The SMILES string of the molecule is C=[N+](CC)COCC. The van der Waals surface area contributed by atoms with Crippen LogP contribution in [0.3, 0.4) is 0 Å². The molecule has 0 unspecified atom stereocenters. The summed E-state index contributed by atoms with van der Waals surface area (Å²) in [6.45, 7) is 10.1. The maximum atomic E-state index is 5.05. The molecule has 0 heterocycles. The first kappa shape index (κ1) is 7.63. The zero-order valence-electron chi connectivity index (χ0n) is 5.68. The van der Waals surface area contributed by atoms with E-state index in [-0.39, 0.29) is 0 Å². The van der Waals surface area contributed by atoms with E-state index in [1.54, 1.807) is 0 Å². The fourth-order valence-electron chi connectivity index (χ4n) is 0.312. The summed E-state index contributed by atoms with van der Waals surface area (Å²) in [5.41, 5.74) is 0. The number of hydrogen-bond acceptors (Lipinski definition) is 1. The molecule has 0 aromatic rings. The molecule has 48 valence electrons. The molecule has 0 aliphatic carbocycles. The Bertz CT molecular complexity index is 70.9. The molecule has 0 aliphatic heterocycles. The largest absolute Gasteiger partial charge is 0.324 e. The van der Waals surface area contributed by atoms with Crippen molar-refractivity contribution in [3.63, 3.8) is 0 Å². The molecule has 8 heavy (non-hydrogen) atoms. The van der Waals surface area contributed by atoms with Gasteiger partial charge in [0, 0.05) is 0 Å². The van der Waals surface area contributed by atoms with E-state index < -0.39 is 0 Å². The molecule has 0 radical (unpaired) electrons. The van der Waals surface area contributed by atoms with Gasteiger partial charge in [-0.1, -0.05) is 0 Å². The smallest absolute Gasteiger partial charge is 0.246 e. The van der Waals surface area contributed by atoms with Crippen LogP contribution in [-0.4, -0.2) is 31.2 Å². The van der Waals surface area contributed by atoms with Gasteiger partial charge in [-0.05, 0) is 13.8 Å². The van der Waals surface area contributed by atoms with Crippen LogP contribution in [0.15, 0.2) is 0 Å². The summed E-state index contributed by atoms with van der Waals surface area (Å²) in [7, 11) is 0. The second-order valence-corrected chi connectivity index (χ2v) is 1.61. The van der Waals surface area contributed by atoms with Gasteiger partial charge >= 0.3 is 0 Å². The van der Waals surface area contributed by atoms with Crippen molar-refractivity contribution in [2.45, 2.75) is 13.8 Å². The molecule has 0 spiro atoms. The predicted octanol–water partition coefficient (Wildman–Crippen LogP) is 0.713.